The first kappa shape index (κ1) is 15.6. The van der Waals surface area contributed by atoms with Crippen molar-refractivity contribution in [3.05, 3.63) is 23.8 Å². The zero-order chi connectivity index (χ0) is 15.5. The number of rotatable bonds is 4. The van der Waals surface area contributed by atoms with E-state index in [4.69, 9.17) is 9.92 Å². The van der Waals surface area contributed by atoms with Gasteiger partial charge in [0.2, 0.25) is 0 Å². The van der Waals surface area contributed by atoms with E-state index < -0.39 is 16.1 Å². The molecular formula is C12H18N4O4S. The molecular weight excluding hydrogens is 296 g/mol. The fourth-order valence-electron chi connectivity index (χ4n) is 2.22. The van der Waals surface area contributed by atoms with Crippen molar-refractivity contribution in [2.75, 3.05) is 19.3 Å². The van der Waals surface area contributed by atoms with E-state index >= 15 is 0 Å². The Morgan fingerprint density at radius 3 is 2.71 bits per heavy atom. The number of hydrogen-bond acceptors (Lipinski definition) is 6. The normalized spacial score (nSPS) is 16.9. The Bertz CT molecular complexity index is 611. The molecule has 0 saturated carbocycles. The third-order valence-corrected chi connectivity index (χ3v) is 3.87. The maximum absolute atomic E-state index is 11.1. The number of nitrogens with two attached hydrogens (primary N) is 1. The predicted molar refractivity (Wildman–Crippen MR) is 74.8 cm³/mol. The number of carbonyl (C=O) groups excluding carboxylic acids is 1. The van der Waals surface area contributed by atoms with Crippen LogP contribution in [0.25, 0.3) is 0 Å². The molecule has 9 heteroatoms. The van der Waals surface area contributed by atoms with Crippen LogP contribution in [-0.2, 0) is 20.9 Å². The summed E-state index contributed by atoms with van der Waals surface area (Å²) in [6.45, 7) is 1.05. The van der Waals surface area contributed by atoms with Crippen LogP contribution in [0.1, 0.15) is 30.3 Å². The summed E-state index contributed by atoms with van der Waals surface area (Å²) in [6, 6.07) is 1.21. The number of aromatic nitrogens is 2. The highest BCUT2D eigenvalue weighted by Gasteiger charge is 2.24. The molecule has 1 aliphatic rings. The Kier molecular flexibility index (Phi) is 4.73. The van der Waals surface area contributed by atoms with E-state index in [2.05, 4.69) is 9.97 Å². The van der Waals surface area contributed by atoms with Gasteiger partial charge in [-0.2, -0.15) is 8.42 Å². The van der Waals surface area contributed by atoms with E-state index in [1.54, 1.807) is 17.2 Å². The van der Waals surface area contributed by atoms with Gasteiger partial charge in [-0.15, -0.1) is 0 Å². The van der Waals surface area contributed by atoms with Crippen molar-refractivity contribution in [1.29, 1.82) is 0 Å². The lowest BCUT2D eigenvalue weighted by atomic mass is 9.96. The van der Waals surface area contributed by atoms with E-state index in [0.29, 0.717) is 24.6 Å². The molecule has 2 heterocycles. The largest absolute Gasteiger partial charge is 0.351 e. The van der Waals surface area contributed by atoms with Gasteiger partial charge < -0.3 is 10.6 Å². The molecule has 0 atom stereocenters. The van der Waals surface area contributed by atoms with Gasteiger partial charge in [-0.25, -0.2) is 14.8 Å². The number of primary amides is 1. The van der Waals surface area contributed by atoms with Crippen molar-refractivity contribution in [1.82, 2.24) is 14.9 Å². The minimum atomic E-state index is -3.50. The predicted octanol–water partition coefficient (Wildman–Crippen LogP) is 0.211. The molecule has 0 aromatic carbocycles. The lowest BCUT2D eigenvalue weighted by molar-refractivity contribution is 0.189. The highest BCUT2D eigenvalue weighted by atomic mass is 32.2. The summed E-state index contributed by atoms with van der Waals surface area (Å²) >= 11 is 0. The van der Waals surface area contributed by atoms with Gasteiger partial charge in [-0.05, 0) is 18.9 Å². The van der Waals surface area contributed by atoms with Crippen LogP contribution >= 0.6 is 0 Å². The topological polar surface area (TPSA) is 115 Å². The lowest BCUT2D eigenvalue weighted by Crippen LogP contribution is -2.41. The molecule has 1 saturated heterocycles. The van der Waals surface area contributed by atoms with Gasteiger partial charge in [0.1, 0.15) is 12.4 Å². The van der Waals surface area contributed by atoms with E-state index in [9.17, 15) is 13.2 Å². The number of urea groups is 1. The van der Waals surface area contributed by atoms with Gasteiger partial charge in [0.25, 0.3) is 10.1 Å². The van der Waals surface area contributed by atoms with Gasteiger partial charge in [0.15, 0.2) is 0 Å². The number of carbonyl (C=O) groups is 1. The molecule has 8 nitrogen and oxygen atoms in total. The third kappa shape index (κ3) is 4.64. The maximum Gasteiger partial charge on any atom is 0.314 e. The number of piperidine rings is 1. The third-order valence-electron chi connectivity index (χ3n) is 3.32. The highest BCUT2D eigenvalue weighted by molar-refractivity contribution is 7.85. The lowest BCUT2D eigenvalue weighted by Gasteiger charge is -2.29. The molecule has 1 aliphatic heterocycles. The van der Waals surface area contributed by atoms with E-state index in [1.165, 1.54) is 0 Å². The number of nitrogens with zero attached hydrogens (tertiary/aromatic N) is 3. The minimum Gasteiger partial charge on any atom is -0.351 e. The summed E-state index contributed by atoms with van der Waals surface area (Å²) in [5, 5.41) is 0. The van der Waals surface area contributed by atoms with Crippen LogP contribution in [0.4, 0.5) is 4.79 Å². The first-order chi connectivity index (χ1) is 9.85. The molecule has 2 amide bonds. The van der Waals surface area contributed by atoms with Crippen molar-refractivity contribution in [3.8, 4) is 0 Å². The molecule has 2 rings (SSSR count). The molecule has 0 radical (unpaired) electrons. The number of hydrogen-bond donors (Lipinski definition) is 1. The highest BCUT2D eigenvalue weighted by Crippen LogP contribution is 2.25. The molecule has 0 bridgehead atoms. The second-order valence-corrected chi connectivity index (χ2v) is 6.62. The summed E-state index contributed by atoms with van der Waals surface area (Å²) in [5.41, 5.74) is 5.75. The number of likely N-dealkylation sites (tertiary alicyclic amines) is 1. The minimum absolute atomic E-state index is 0.103. The molecule has 2 N–H and O–H groups in total. The van der Waals surface area contributed by atoms with Crippen LogP contribution in [0.3, 0.4) is 0 Å². The summed E-state index contributed by atoms with van der Waals surface area (Å²) in [5.74, 6) is 0.785. The van der Waals surface area contributed by atoms with Crippen LogP contribution in [-0.4, -0.2) is 48.7 Å². The van der Waals surface area contributed by atoms with Gasteiger partial charge in [-0.1, -0.05) is 0 Å². The zero-order valence-corrected chi connectivity index (χ0v) is 12.5. The van der Waals surface area contributed by atoms with Gasteiger partial charge >= 0.3 is 6.03 Å². The van der Waals surface area contributed by atoms with Crippen molar-refractivity contribution < 1.29 is 17.4 Å². The van der Waals surface area contributed by atoms with Crippen LogP contribution in [0.5, 0.6) is 0 Å². The summed E-state index contributed by atoms with van der Waals surface area (Å²) < 4.78 is 26.7. The second-order valence-electron chi connectivity index (χ2n) is 4.97. The molecule has 1 aromatic rings. The van der Waals surface area contributed by atoms with Crippen LogP contribution in [0, 0.1) is 0 Å². The van der Waals surface area contributed by atoms with Crippen molar-refractivity contribution >= 4 is 16.1 Å². The van der Waals surface area contributed by atoms with Gasteiger partial charge in [0, 0.05) is 25.2 Å². The Labute approximate surface area is 123 Å². The quantitative estimate of drug-likeness (QED) is 0.794. The Balaban J connectivity index is 2.00. The van der Waals surface area contributed by atoms with Crippen molar-refractivity contribution in [2.24, 2.45) is 5.73 Å². The monoisotopic (exact) mass is 314 g/mol. The first-order valence-corrected chi connectivity index (χ1v) is 8.37. The summed E-state index contributed by atoms with van der Waals surface area (Å²) in [6.07, 6.45) is 4.05. The standard InChI is InChI=1S/C12H18N4O4S/c1-21(18,19)20-8-10-2-5-14-11(15-10)9-3-6-16(7-4-9)12(13)17/h2,5,9H,3-4,6-8H2,1H3,(H2,13,17). The zero-order valence-electron chi connectivity index (χ0n) is 11.7. The SMILES string of the molecule is CS(=O)(=O)OCc1ccnc(C2CCN(C(N)=O)CC2)n1. The van der Waals surface area contributed by atoms with E-state index in [-0.39, 0.29) is 12.5 Å². The van der Waals surface area contributed by atoms with Crippen molar-refractivity contribution in [3.63, 3.8) is 0 Å². The van der Waals surface area contributed by atoms with Crippen LogP contribution < -0.4 is 5.73 Å². The van der Waals surface area contributed by atoms with E-state index in [0.717, 1.165) is 19.1 Å². The Morgan fingerprint density at radius 2 is 2.14 bits per heavy atom. The maximum atomic E-state index is 11.1. The first-order valence-electron chi connectivity index (χ1n) is 6.56. The molecule has 1 aromatic heterocycles. The molecule has 21 heavy (non-hydrogen) atoms. The van der Waals surface area contributed by atoms with E-state index in [1.807, 2.05) is 0 Å². The average molecular weight is 314 g/mol. The molecule has 0 spiro atoms. The molecule has 1 fully saturated rings. The van der Waals surface area contributed by atoms with Gasteiger partial charge in [0.05, 0.1) is 11.9 Å². The van der Waals surface area contributed by atoms with Crippen LogP contribution in [0.15, 0.2) is 12.3 Å². The average Bonchev–Trinajstić information content (AvgIpc) is 2.45. The summed E-state index contributed by atoms with van der Waals surface area (Å²) in [7, 11) is -3.50. The number of amides is 2. The van der Waals surface area contributed by atoms with Crippen molar-refractivity contribution in [2.45, 2.75) is 25.4 Å². The Hall–Kier alpha value is -1.74. The molecule has 0 aliphatic carbocycles. The Morgan fingerprint density at radius 1 is 1.48 bits per heavy atom. The fraction of sp³-hybridized carbons (Fsp3) is 0.583. The fourth-order valence-corrected chi connectivity index (χ4v) is 2.55. The van der Waals surface area contributed by atoms with Crippen LogP contribution in [0.2, 0.25) is 0 Å². The summed E-state index contributed by atoms with van der Waals surface area (Å²) in [4.78, 5) is 21.2. The molecule has 116 valence electrons. The second kappa shape index (κ2) is 6.35. The smallest absolute Gasteiger partial charge is 0.314 e. The molecule has 0 unspecified atom stereocenters. The van der Waals surface area contributed by atoms with Gasteiger partial charge in [-0.3, -0.25) is 4.18 Å².